The highest BCUT2D eigenvalue weighted by atomic mass is 19.4. The molecule has 5 heteroatoms. The van der Waals surface area contributed by atoms with E-state index in [4.69, 9.17) is 10.5 Å². The van der Waals surface area contributed by atoms with Gasteiger partial charge in [0.15, 0.2) is 6.61 Å². The summed E-state index contributed by atoms with van der Waals surface area (Å²) in [5.74, 6) is 0.235. The van der Waals surface area contributed by atoms with Crippen LogP contribution in [0.2, 0.25) is 0 Å². The fourth-order valence-electron chi connectivity index (χ4n) is 2.07. The van der Waals surface area contributed by atoms with E-state index in [9.17, 15) is 13.2 Å². The van der Waals surface area contributed by atoms with Gasteiger partial charge in [-0.25, -0.2) is 0 Å². The summed E-state index contributed by atoms with van der Waals surface area (Å²) in [5, 5.41) is 0. The summed E-state index contributed by atoms with van der Waals surface area (Å²) in [6.07, 6.45) is -1.48. The van der Waals surface area contributed by atoms with Crippen molar-refractivity contribution in [3.63, 3.8) is 0 Å². The molecular formula is C12H14F3NO. The number of benzene rings is 1. The molecule has 2 N–H and O–H groups in total. The molecule has 0 spiro atoms. The van der Waals surface area contributed by atoms with E-state index >= 15 is 0 Å². The van der Waals surface area contributed by atoms with Crippen LogP contribution in [-0.4, -0.2) is 12.8 Å². The van der Waals surface area contributed by atoms with Crippen molar-refractivity contribution < 1.29 is 17.9 Å². The Kier molecular flexibility index (Phi) is 3.28. The number of halogens is 3. The molecule has 0 fully saturated rings. The third-order valence-electron chi connectivity index (χ3n) is 2.88. The highest BCUT2D eigenvalue weighted by Gasteiger charge is 2.28. The molecule has 0 aliphatic heterocycles. The number of nitrogens with two attached hydrogens (primary N) is 1. The van der Waals surface area contributed by atoms with Crippen LogP contribution in [0.1, 0.15) is 30.0 Å². The summed E-state index contributed by atoms with van der Waals surface area (Å²) < 4.78 is 40.7. The number of ether oxygens (including phenoxy) is 1. The molecule has 1 aliphatic carbocycles. The highest BCUT2D eigenvalue weighted by Crippen LogP contribution is 2.31. The average Bonchev–Trinajstić information content (AvgIpc) is 2.26. The molecule has 0 radical (unpaired) electrons. The van der Waals surface area contributed by atoms with Crippen molar-refractivity contribution in [2.45, 2.75) is 31.5 Å². The summed E-state index contributed by atoms with van der Waals surface area (Å²) in [6.45, 7) is -1.26. The minimum atomic E-state index is -4.31. The molecule has 0 saturated heterocycles. The minimum Gasteiger partial charge on any atom is -0.484 e. The number of fused-ring (bicyclic) bond motifs is 1. The Labute approximate surface area is 97.6 Å². The maximum atomic E-state index is 12.0. The maximum absolute atomic E-state index is 12.0. The summed E-state index contributed by atoms with van der Waals surface area (Å²) in [5.41, 5.74) is 7.95. The summed E-state index contributed by atoms with van der Waals surface area (Å²) in [6, 6.07) is 4.92. The first kappa shape index (κ1) is 12.2. The van der Waals surface area contributed by atoms with Gasteiger partial charge in [0.1, 0.15) is 5.75 Å². The molecule has 17 heavy (non-hydrogen) atoms. The van der Waals surface area contributed by atoms with E-state index in [1.54, 1.807) is 18.2 Å². The van der Waals surface area contributed by atoms with Gasteiger partial charge in [0.05, 0.1) is 0 Å². The Hall–Kier alpha value is -1.23. The molecule has 0 amide bonds. The quantitative estimate of drug-likeness (QED) is 0.869. The summed E-state index contributed by atoms with van der Waals surface area (Å²) in [4.78, 5) is 0. The third-order valence-corrected chi connectivity index (χ3v) is 2.88. The predicted octanol–water partition coefficient (Wildman–Crippen LogP) is 2.96. The van der Waals surface area contributed by atoms with Gasteiger partial charge in [0.25, 0.3) is 0 Å². The first-order valence-electron chi connectivity index (χ1n) is 5.54. The second kappa shape index (κ2) is 4.56. The molecule has 2 rings (SSSR count). The molecule has 0 aromatic heterocycles. The van der Waals surface area contributed by atoms with Crippen LogP contribution in [0, 0.1) is 0 Å². The fraction of sp³-hybridized carbons (Fsp3) is 0.500. The molecule has 1 aliphatic rings. The van der Waals surface area contributed by atoms with Crippen molar-refractivity contribution >= 4 is 0 Å². The van der Waals surface area contributed by atoms with Gasteiger partial charge >= 0.3 is 6.18 Å². The van der Waals surface area contributed by atoms with Gasteiger partial charge in [-0.15, -0.1) is 0 Å². The van der Waals surface area contributed by atoms with E-state index in [0.717, 1.165) is 30.4 Å². The van der Waals surface area contributed by atoms with Crippen LogP contribution >= 0.6 is 0 Å². The van der Waals surface area contributed by atoms with Crippen LogP contribution in [0.5, 0.6) is 5.75 Å². The summed E-state index contributed by atoms with van der Waals surface area (Å²) >= 11 is 0. The van der Waals surface area contributed by atoms with E-state index in [0.29, 0.717) is 0 Å². The average molecular weight is 245 g/mol. The fourth-order valence-corrected chi connectivity index (χ4v) is 2.07. The lowest BCUT2D eigenvalue weighted by Crippen LogP contribution is -2.20. The van der Waals surface area contributed by atoms with Crippen molar-refractivity contribution in [3.05, 3.63) is 29.3 Å². The molecule has 1 aromatic rings. The maximum Gasteiger partial charge on any atom is 0.422 e. The minimum absolute atomic E-state index is 0.0896. The smallest absolute Gasteiger partial charge is 0.422 e. The number of rotatable bonds is 2. The van der Waals surface area contributed by atoms with E-state index in [1.165, 1.54) is 0 Å². The van der Waals surface area contributed by atoms with Gasteiger partial charge in [0.2, 0.25) is 0 Å². The Morgan fingerprint density at radius 3 is 2.82 bits per heavy atom. The monoisotopic (exact) mass is 245 g/mol. The zero-order chi connectivity index (χ0) is 12.5. The van der Waals surface area contributed by atoms with Gasteiger partial charge in [-0.05, 0) is 42.5 Å². The van der Waals surface area contributed by atoms with Gasteiger partial charge in [-0.2, -0.15) is 13.2 Å². The Balaban J connectivity index is 2.12. The van der Waals surface area contributed by atoms with Gasteiger partial charge in [-0.1, -0.05) is 6.07 Å². The van der Waals surface area contributed by atoms with E-state index in [2.05, 4.69) is 0 Å². The first-order chi connectivity index (χ1) is 7.96. The van der Waals surface area contributed by atoms with Crippen molar-refractivity contribution in [1.82, 2.24) is 0 Å². The second-order valence-electron chi connectivity index (χ2n) is 4.26. The molecular weight excluding hydrogens is 231 g/mol. The van der Waals surface area contributed by atoms with Crippen molar-refractivity contribution in [3.8, 4) is 5.75 Å². The Morgan fingerprint density at radius 1 is 1.35 bits per heavy atom. The first-order valence-corrected chi connectivity index (χ1v) is 5.54. The largest absolute Gasteiger partial charge is 0.484 e. The van der Waals surface area contributed by atoms with Crippen LogP contribution in [-0.2, 0) is 6.42 Å². The van der Waals surface area contributed by atoms with Crippen LogP contribution in [0.15, 0.2) is 18.2 Å². The van der Waals surface area contributed by atoms with Gasteiger partial charge < -0.3 is 10.5 Å². The molecule has 0 unspecified atom stereocenters. The van der Waals surface area contributed by atoms with Crippen molar-refractivity contribution in [1.29, 1.82) is 0 Å². The van der Waals surface area contributed by atoms with E-state index < -0.39 is 12.8 Å². The SMILES string of the molecule is N[C@@H]1CCCc2ccc(OCC(F)(F)F)cc21. The Morgan fingerprint density at radius 2 is 2.12 bits per heavy atom. The van der Waals surface area contributed by atoms with Crippen molar-refractivity contribution in [2.75, 3.05) is 6.61 Å². The number of aryl methyl sites for hydroxylation is 1. The van der Waals surface area contributed by atoms with Gasteiger partial charge in [0, 0.05) is 6.04 Å². The molecule has 1 aromatic carbocycles. The Bertz CT molecular complexity index is 403. The molecule has 0 saturated carbocycles. The standard InChI is InChI=1S/C12H14F3NO/c13-12(14,15)7-17-9-5-4-8-2-1-3-11(16)10(8)6-9/h4-6,11H,1-3,7,16H2/t11-/m1/s1. The number of hydrogen-bond acceptors (Lipinski definition) is 2. The lowest BCUT2D eigenvalue weighted by molar-refractivity contribution is -0.153. The highest BCUT2D eigenvalue weighted by molar-refractivity contribution is 5.39. The zero-order valence-electron chi connectivity index (χ0n) is 9.26. The van der Waals surface area contributed by atoms with Crippen LogP contribution in [0.3, 0.4) is 0 Å². The molecule has 1 atom stereocenters. The third kappa shape index (κ3) is 3.12. The van der Waals surface area contributed by atoms with E-state index in [1.807, 2.05) is 0 Å². The zero-order valence-corrected chi connectivity index (χ0v) is 9.26. The molecule has 2 nitrogen and oxygen atoms in total. The molecule has 0 heterocycles. The van der Waals surface area contributed by atoms with Gasteiger partial charge in [-0.3, -0.25) is 0 Å². The topological polar surface area (TPSA) is 35.2 Å². The number of alkyl halides is 3. The van der Waals surface area contributed by atoms with Crippen LogP contribution in [0.4, 0.5) is 13.2 Å². The van der Waals surface area contributed by atoms with Crippen LogP contribution < -0.4 is 10.5 Å². The lowest BCUT2D eigenvalue weighted by Gasteiger charge is -2.22. The van der Waals surface area contributed by atoms with E-state index in [-0.39, 0.29) is 11.8 Å². The number of hydrogen-bond donors (Lipinski definition) is 1. The second-order valence-corrected chi connectivity index (χ2v) is 4.26. The lowest BCUT2D eigenvalue weighted by atomic mass is 9.88. The molecule has 94 valence electrons. The van der Waals surface area contributed by atoms with Crippen LogP contribution in [0.25, 0.3) is 0 Å². The van der Waals surface area contributed by atoms with Crippen molar-refractivity contribution in [2.24, 2.45) is 5.73 Å². The molecule has 0 bridgehead atoms. The predicted molar refractivity (Wildman–Crippen MR) is 57.9 cm³/mol. The normalized spacial score (nSPS) is 19.9. The summed E-state index contributed by atoms with van der Waals surface area (Å²) in [7, 11) is 0.